The minimum Gasteiger partial charge on any atom is -0.337 e. The van der Waals surface area contributed by atoms with Crippen LogP contribution in [0.25, 0.3) is 10.2 Å². The molecule has 1 amide bonds. The highest BCUT2D eigenvalue weighted by Gasteiger charge is 2.45. The van der Waals surface area contributed by atoms with E-state index in [0.29, 0.717) is 11.6 Å². The number of amides is 1. The van der Waals surface area contributed by atoms with Gasteiger partial charge < -0.3 is 4.57 Å². The number of aromatic nitrogens is 3. The van der Waals surface area contributed by atoms with Gasteiger partial charge in [0.25, 0.3) is 0 Å². The second-order valence-corrected chi connectivity index (χ2v) is 10.3. The number of benzene rings is 2. The van der Waals surface area contributed by atoms with E-state index < -0.39 is 5.41 Å². The van der Waals surface area contributed by atoms with Crippen LogP contribution in [-0.2, 0) is 16.8 Å². The molecule has 2 heterocycles. The minimum atomic E-state index is -0.521. The topological polar surface area (TPSA) is 51.0 Å². The fourth-order valence-electron chi connectivity index (χ4n) is 4.94. The Hall–Kier alpha value is -2.41. The van der Waals surface area contributed by atoms with Gasteiger partial charge in [-0.15, -0.1) is 12.4 Å². The van der Waals surface area contributed by atoms with Crippen LogP contribution in [0.1, 0.15) is 43.2 Å². The number of imidazole rings is 1. The van der Waals surface area contributed by atoms with Crippen molar-refractivity contribution in [2.75, 3.05) is 11.4 Å². The Bertz CT molecular complexity index is 1250. The number of carbonyl (C=O) groups is 1. The van der Waals surface area contributed by atoms with Crippen molar-refractivity contribution in [1.82, 2.24) is 14.5 Å². The van der Waals surface area contributed by atoms with Gasteiger partial charge in [0.15, 0.2) is 5.13 Å². The fourth-order valence-corrected chi connectivity index (χ4v) is 6.13. The maximum atomic E-state index is 14.3. The van der Waals surface area contributed by atoms with Crippen LogP contribution in [0.4, 0.5) is 5.13 Å². The van der Waals surface area contributed by atoms with E-state index in [1.807, 2.05) is 41.7 Å². The standard InChI is InChI=1S/C26H27ClN4OS.ClH/c1-19-6-4-7-22-23(19)29-25(33-22)31(16-5-15-30-17-14-28-18-30)24(32)26(12-2-3-13-26)20-8-10-21(27)11-9-20;/h4,6-11,14,17-18H,2-3,5,12-13,15-16H2,1H3;1H. The van der Waals surface area contributed by atoms with Gasteiger partial charge in [0.05, 0.1) is 22.0 Å². The van der Waals surface area contributed by atoms with Crippen molar-refractivity contribution in [1.29, 1.82) is 0 Å². The summed E-state index contributed by atoms with van der Waals surface area (Å²) in [6, 6.07) is 14.1. The molecule has 1 aliphatic rings. The summed E-state index contributed by atoms with van der Waals surface area (Å²) in [7, 11) is 0. The molecule has 0 N–H and O–H groups in total. The molecular weight excluding hydrogens is 487 g/mol. The first kappa shape index (κ1) is 24.7. The van der Waals surface area contributed by atoms with Gasteiger partial charge in [-0.2, -0.15) is 0 Å². The molecule has 4 aromatic rings. The van der Waals surface area contributed by atoms with Crippen molar-refractivity contribution in [3.05, 3.63) is 77.3 Å². The minimum absolute atomic E-state index is 0. The SMILES string of the molecule is Cc1cccc2sc(N(CCCn3ccnc3)C(=O)C3(c4ccc(Cl)cc4)CCCC3)nc12.Cl. The van der Waals surface area contributed by atoms with Gasteiger partial charge in [-0.3, -0.25) is 9.69 Å². The zero-order valence-electron chi connectivity index (χ0n) is 19.1. The normalized spacial score (nSPS) is 14.8. The number of fused-ring (bicyclic) bond motifs is 1. The summed E-state index contributed by atoms with van der Waals surface area (Å²) in [5.41, 5.74) is 2.66. The summed E-state index contributed by atoms with van der Waals surface area (Å²) >= 11 is 7.77. The van der Waals surface area contributed by atoms with Crippen molar-refractivity contribution in [2.45, 2.75) is 51.0 Å². The highest BCUT2D eigenvalue weighted by molar-refractivity contribution is 7.22. The average molecular weight is 516 g/mol. The molecule has 34 heavy (non-hydrogen) atoms. The van der Waals surface area contributed by atoms with Crippen LogP contribution >= 0.6 is 35.3 Å². The van der Waals surface area contributed by atoms with Gasteiger partial charge in [0.2, 0.25) is 5.91 Å². The molecule has 0 aliphatic heterocycles. The third-order valence-electron chi connectivity index (χ3n) is 6.71. The Kier molecular flexibility index (Phi) is 7.60. The van der Waals surface area contributed by atoms with E-state index in [2.05, 4.69) is 34.7 Å². The third kappa shape index (κ3) is 4.72. The Morgan fingerprint density at radius 1 is 1.18 bits per heavy atom. The number of para-hydroxylation sites is 1. The van der Waals surface area contributed by atoms with Crippen molar-refractivity contribution in [3.63, 3.8) is 0 Å². The molecule has 0 spiro atoms. The molecule has 0 bridgehead atoms. The number of rotatable bonds is 7. The van der Waals surface area contributed by atoms with E-state index >= 15 is 0 Å². The van der Waals surface area contributed by atoms with Crippen LogP contribution in [-0.4, -0.2) is 27.0 Å². The number of halogens is 2. The Morgan fingerprint density at radius 3 is 2.62 bits per heavy atom. The highest BCUT2D eigenvalue weighted by Crippen LogP contribution is 2.44. The molecule has 0 saturated heterocycles. The first-order valence-corrected chi connectivity index (χ1v) is 12.7. The zero-order chi connectivity index (χ0) is 22.8. The predicted molar refractivity (Wildman–Crippen MR) is 142 cm³/mol. The summed E-state index contributed by atoms with van der Waals surface area (Å²) in [4.78, 5) is 25.4. The van der Waals surface area contributed by atoms with E-state index in [0.717, 1.165) is 65.1 Å². The molecule has 0 radical (unpaired) electrons. The lowest BCUT2D eigenvalue weighted by Gasteiger charge is -2.34. The third-order valence-corrected chi connectivity index (χ3v) is 8.00. The smallest absolute Gasteiger partial charge is 0.239 e. The zero-order valence-corrected chi connectivity index (χ0v) is 21.5. The van der Waals surface area contributed by atoms with Crippen molar-refractivity contribution >= 4 is 56.6 Å². The molecule has 178 valence electrons. The van der Waals surface area contributed by atoms with Crippen molar-refractivity contribution in [3.8, 4) is 0 Å². The molecule has 1 aliphatic carbocycles. The second-order valence-electron chi connectivity index (χ2n) is 8.83. The van der Waals surface area contributed by atoms with E-state index in [9.17, 15) is 4.79 Å². The number of aryl methyl sites for hydroxylation is 2. The van der Waals surface area contributed by atoms with Crippen molar-refractivity contribution < 1.29 is 4.79 Å². The largest absolute Gasteiger partial charge is 0.337 e. The molecule has 2 aromatic heterocycles. The fraction of sp³-hybridized carbons (Fsp3) is 0.346. The molecule has 5 rings (SSSR count). The maximum absolute atomic E-state index is 14.3. The molecule has 2 aromatic carbocycles. The van der Waals surface area contributed by atoms with Gasteiger partial charge >= 0.3 is 0 Å². The van der Waals surface area contributed by atoms with E-state index in [1.165, 1.54) is 0 Å². The van der Waals surface area contributed by atoms with Gasteiger partial charge in [-0.1, -0.05) is 60.0 Å². The first-order chi connectivity index (χ1) is 16.1. The number of anilines is 1. The van der Waals surface area contributed by atoms with Crippen LogP contribution in [0.2, 0.25) is 5.02 Å². The summed E-state index contributed by atoms with van der Waals surface area (Å²) in [5.74, 6) is 0.157. The lowest BCUT2D eigenvalue weighted by Crippen LogP contribution is -2.46. The van der Waals surface area contributed by atoms with Crippen LogP contribution in [0.3, 0.4) is 0 Å². The molecule has 5 nitrogen and oxygen atoms in total. The molecule has 1 saturated carbocycles. The van der Waals surface area contributed by atoms with E-state index in [1.54, 1.807) is 17.5 Å². The quantitative estimate of drug-likeness (QED) is 0.272. The Balaban J connectivity index is 0.00000274. The summed E-state index contributed by atoms with van der Waals surface area (Å²) in [5, 5.41) is 1.48. The number of thiazole rings is 1. The average Bonchev–Trinajstić information content (AvgIpc) is 3.58. The summed E-state index contributed by atoms with van der Waals surface area (Å²) < 4.78 is 3.17. The molecule has 0 unspecified atom stereocenters. The first-order valence-electron chi connectivity index (χ1n) is 11.5. The number of carbonyl (C=O) groups excluding carboxylic acids is 1. The monoisotopic (exact) mass is 514 g/mol. The molecule has 0 atom stereocenters. The van der Waals surface area contributed by atoms with E-state index in [-0.39, 0.29) is 18.3 Å². The summed E-state index contributed by atoms with van der Waals surface area (Å²) in [6.45, 7) is 3.50. The summed E-state index contributed by atoms with van der Waals surface area (Å²) in [6.07, 6.45) is 10.2. The lowest BCUT2D eigenvalue weighted by molar-refractivity contribution is -0.124. The highest BCUT2D eigenvalue weighted by atomic mass is 35.5. The number of nitrogens with zero attached hydrogens (tertiary/aromatic N) is 4. The van der Waals surface area contributed by atoms with Gasteiger partial charge in [0.1, 0.15) is 0 Å². The Labute approximate surface area is 215 Å². The lowest BCUT2D eigenvalue weighted by atomic mass is 9.77. The van der Waals surface area contributed by atoms with Gasteiger partial charge in [0, 0.05) is 30.5 Å². The molecular formula is C26H28Cl2N4OS. The van der Waals surface area contributed by atoms with Crippen molar-refractivity contribution in [2.24, 2.45) is 0 Å². The number of hydrogen-bond acceptors (Lipinski definition) is 4. The van der Waals surface area contributed by atoms with Gasteiger partial charge in [-0.25, -0.2) is 9.97 Å². The van der Waals surface area contributed by atoms with Crippen LogP contribution in [0, 0.1) is 6.92 Å². The predicted octanol–water partition coefficient (Wildman–Crippen LogP) is 6.81. The van der Waals surface area contributed by atoms with E-state index in [4.69, 9.17) is 16.6 Å². The second kappa shape index (κ2) is 10.5. The molecule has 8 heteroatoms. The van der Waals surface area contributed by atoms with Crippen LogP contribution in [0.5, 0.6) is 0 Å². The number of hydrogen-bond donors (Lipinski definition) is 0. The maximum Gasteiger partial charge on any atom is 0.239 e. The van der Waals surface area contributed by atoms with Gasteiger partial charge in [-0.05, 0) is 55.5 Å². The van der Waals surface area contributed by atoms with Crippen LogP contribution < -0.4 is 4.90 Å². The van der Waals surface area contributed by atoms with Crippen LogP contribution in [0.15, 0.2) is 61.2 Å². The Morgan fingerprint density at radius 2 is 1.94 bits per heavy atom. The molecule has 1 fully saturated rings.